The smallest absolute Gasteiger partial charge is 0.295 e. The second-order valence-corrected chi connectivity index (χ2v) is 9.94. The first kappa shape index (κ1) is 29.1. The maximum Gasteiger partial charge on any atom is 0.295 e. The molecule has 1 saturated heterocycles. The van der Waals surface area contributed by atoms with Gasteiger partial charge in [-0.15, -0.1) is 0 Å². The van der Waals surface area contributed by atoms with Gasteiger partial charge in [-0.25, -0.2) is 4.98 Å². The number of likely N-dealkylation sites (tertiary alicyclic amines) is 1. The third-order valence-electron chi connectivity index (χ3n) is 7.44. The van der Waals surface area contributed by atoms with Crippen LogP contribution in [-0.4, -0.2) is 75.4 Å². The molecule has 3 heterocycles. The van der Waals surface area contributed by atoms with E-state index in [2.05, 4.69) is 23.7 Å². The van der Waals surface area contributed by atoms with Crippen molar-refractivity contribution in [3.05, 3.63) is 64.6 Å². The number of rotatable bonds is 12. The van der Waals surface area contributed by atoms with Gasteiger partial charge in [-0.2, -0.15) is 0 Å². The van der Waals surface area contributed by atoms with Crippen molar-refractivity contribution in [2.45, 2.75) is 54.0 Å². The maximum atomic E-state index is 13.6. The highest BCUT2D eigenvalue weighted by Crippen LogP contribution is 2.42. The van der Waals surface area contributed by atoms with Crippen LogP contribution >= 0.6 is 0 Å². The summed E-state index contributed by atoms with van der Waals surface area (Å²) in [7, 11) is 0. The normalized spacial score (nSPS) is 16.9. The Bertz CT molecular complexity index is 1420. The van der Waals surface area contributed by atoms with Crippen LogP contribution in [0, 0.1) is 13.8 Å². The zero-order chi connectivity index (χ0) is 29.0. The van der Waals surface area contributed by atoms with Crippen molar-refractivity contribution >= 4 is 23.1 Å². The minimum absolute atomic E-state index is 0.0263. The van der Waals surface area contributed by atoms with Gasteiger partial charge in [-0.1, -0.05) is 32.9 Å². The fourth-order valence-electron chi connectivity index (χ4n) is 5.21. The summed E-state index contributed by atoms with van der Waals surface area (Å²) in [5.41, 5.74) is 3.27. The fourth-order valence-corrected chi connectivity index (χ4v) is 5.21. The zero-order valence-electron chi connectivity index (χ0n) is 24.4. The lowest BCUT2D eigenvalue weighted by atomic mass is 9.96. The van der Waals surface area contributed by atoms with E-state index in [4.69, 9.17) is 9.47 Å². The van der Waals surface area contributed by atoms with Crippen molar-refractivity contribution in [3.63, 3.8) is 0 Å². The number of aliphatic hydroxyl groups is 1. The number of aryl methyl sites for hydroxylation is 2. The van der Waals surface area contributed by atoms with Gasteiger partial charge >= 0.3 is 0 Å². The first-order chi connectivity index (χ1) is 19.3. The summed E-state index contributed by atoms with van der Waals surface area (Å²) in [6.07, 6.45) is 2.71. The van der Waals surface area contributed by atoms with Crippen molar-refractivity contribution in [1.29, 1.82) is 0 Å². The van der Waals surface area contributed by atoms with Crippen molar-refractivity contribution in [3.8, 4) is 11.5 Å². The fraction of sp³-hybridized carbons (Fsp3) is 0.452. The molecule has 9 nitrogen and oxygen atoms in total. The van der Waals surface area contributed by atoms with Crippen LogP contribution in [0.5, 0.6) is 11.5 Å². The van der Waals surface area contributed by atoms with Gasteiger partial charge in [0, 0.05) is 19.3 Å². The van der Waals surface area contributed by atoms with E-state index >= 15 is 0 Å². The summed E-state index contributed by atoms with van der Waals surface area (Å²) in [6.45, 7) is 15.4. The van der Waals surface area contributed by atoms with E-state index in [1.807, 2.05) is 62.6 Å². The van der Waals surface area contributed by atoms with Crippen molar-refractivity contribution in [2.75, 3.05) is 39.4 Å². The van der Waals surface area contributed by atoms with Gasteiger partial charge in [-0.3, -0.25) is 9.59 Å². The molecule has 1 aliphatic heterocycles. The van der Waals surface area contributed by atoms with Crippen LogP contribution in [0.4, 0.5) is 0 Å². The topological polar surface area (TPSA) is 96.6 Å². The van der Waals surface area contributed by atoms with E-state index in [1.165, 1.54) is 0 Å². The summed E-state index contributed by atoms with van der Waals surface area (Å²) >= 11 is 0. The van der Waals surface area contributed by atoms with Crippen molar-refractivity contribution in [1.82, 2.24) is 19.2 Å². The first-order valence-electron chi connectivity index (χ1n) is 14.1. The molecule has 1 unspecified atom stereocenters. The molecule has 4 rings (SSSR count). The highest BCUT2D eigenvalue weighted by atomic mass is 16.5. The Morgan fingerprint density at radius 2 is 1.80 bits per heavy atom. The molecule has 0 radical (unpaired) electrons. The van der Waals surface area contributed by atoms with E-state index in [-0.39, 0.29) is 17.0 Å². The first-order valence-corrected chi connectivity index (χ1v) is 14.1. The summed E-state index contributed by atoms with van der Waals surface area (Å²) in [5.74, 6) is -0.514. The van der Waals surface area contributed by atoms with Crippen LogP contribution in [0.3, 0.4) is 0 Å². The molecule has 2 aromatic heterocycles. The number of pyridine rings is 1. The molecule has 0 aliphatic carbocycles. The number of ether oxygens (including phenoxy) is 2. The molecule has 1 fully saturated rings. The number of aromatic nitrogens is 2. The van der Waals surface area contributed by atoms with Gasteiger partial charge in [0.15, 0.2) is 17.3 Å². The Balaban J connectivity index is 1.89. The van der Waals surface area contributed by atoms with E-state index in [0.717, 1.165) is 25.1 Å². The summed E-state index contributed by atoms with van der Waals surface area (Å²) < 4.78 is 13.7. The minimum atomic E-state index is -0.805. The SMILES string of the molecule is CCCOc1ccc(C2/C(=C(\O)c3nc4c(C)cccn4c3C)C(=O)C(=O)N2CCN(CC)CC)cc1OCC. The second-order valence-electron chi connectivity index (χ2n) is 9.94. The molecule has 0 saturated carbocycles. The number of aliphatic hydroxyl groups excluding tert-OH is 1. The number of benzene rings is 1. The predicted octanol–water partition coefficient (Wildman–Crippen LogP) is 4.90. The number of amides is 1. The summed E-state index contributed by atoms with van der Waals surface area (Å²) in [4.78, 5) is 35.5. The van der Waals surface area contributed by atoms with E-state index in [1.54, 1.807) is 11.0 Å². The molecular formula is C31H40N4O5. The Hall–Kier alpha value is -3.85. The number of Topliss-reactive ketones (excluding diaryl/α,β-unsaturated/α-hetero) is 1. The number of hydrogen-bond acceptors (Lipinski definition) is 7. The molecule has 1 aromatic carbocycles. The average molecular weight is 549 g/mol. The number of likely N-dealkylation sites (N-methyl/N-ethyl adjacent to an activating group) is 1. The van der Waals surface area contributed by atoms with Crippen molar-refractivity contribution in [2.24, 2.45) is 0 Å². The van der Waals surface area contributed by atoms with Gasteiger partial charge in [0.25, 0.3) is 11.7 Å². The van der Waals surface area contributed by atoms with Gasteiger partial charge in [-0.05, 0) is 69.6 Å². The van der Waals surface area contributed by atoms with Gasteiger partial charge in [0.2, 0.25) is 0 Å². The van der Waals surface area contributed by atoms with E-state index < -0.39 is 17.7 Å². The molecule has 3 aromatic rings. The average Bonchev–Trinajstić information content (AvgIpc) is 3.42. The quantitative estimate of drug-likeness (QED) is 0.195. The lowest BCUT2D eigenvalue weighted by molar-refractivity contribution is -0.140. The van der Waals surface area contributed by atoms with Crippen LogP contribution in [0.2, 0.25) is 0 Å². The Morgan fingerprint density at radius 1 is 1.05 bits per heavy atom. The third kappa shape index (κ3) is 5.43. The van der Waals surface area contributed by atoms with Gasteiger partial charge in [0.1, 0.15) is 11.3 Å². The number of carbonyl (C=O) groups excluding carboxylic acids is 2. The van der Waals surface area contributed by atoms with E-state index in [9.17, 15) is 14.7 Å². The highest BCUT2D eigenvalue weighted by Gasteiger charge is 2.46. The largest absolute Gasteiger partial charge is 0.505 e. The molecule has 1 atom stereocenters. The van der Waals surface area contributed by atoms with E-state index in [0.29, 0.717) is 54.7 Å². The minimum Gasteiger partial charge on any atom is -0.505 e. The lowest BCUT2D eigenvalue weighted by Crippen LogP contribution is -2.38. The van der Waals surface area contributed by atoms with Gasteiger partial charge < -0.3 is 28.8 Å². The number of nitrogens with zero attached hydrogens (tertiary/aromatic N) is 4. The molecule has 1 amide bonds. The number of fused-ring (bicyclic) bond motifs is 1. The Morgan fingerprint density at radius 3 is 2.45 bits per heavy atom. The molecular weight excluding hydrogens is 508 g/mol. The van der Waals surface area contributed by atoms with Crippen LogP contribution in [0.25, 0.3) is 11.4 Å². The maximum absolute atomic E-state index is 13.6. The van der Waals surface area contributed by atoms with Crippen LogP contribution < -0.4 is 9.47 Å². The standard InChI is InChI=1S/C31H40N4O5/c1-7-18-40-23-14-13-22(19-24(23)39-10-4)27-25(29(37)31(38)35(27)17-16-33(8-2)9-3)28(36)26-21(6)34-15-11-12-20(5)30(34)32-26/h11-15,19,27,36H,7-10,16-18H2,1-6H3/b28-25+. The molecule has 0 spiro atoms. The molecule has 0 bridgehead atoms. The number of carbonyl (C=O) groups is 2. The number of ketones is 1. The summed E-state index contributed by atoms with van der Waals surface area (Å²) in [5, 5.41) is 11.7. The molecule has 40 heavy (non-hydrogen) atoms. The van der Waals surface area contributed by atoms with Gasteiger partial charge in [0.05, 0.1) is 30.5 Å². The van der Waals surface area contributed by atoms with Crippen LogP contribution in [-0.2, 0) is 9.59 Å². The number of hydrogen-bond donors (Lipinski definition) is 1. The third-order valence-corrected chi connectivity index (χ3v) is 7.44. The highest BCUT2D eigenvalue weighted by molar-refractivity contribution is 6.46. The molecule has 214 valence electrons. The number of imidazole rings is 1. The second kappa shape index (κ2) is 12.6. The van der Waals surface area contributed by atoms with Crippen LogP contribution in [0.1, 0.15) is 62.7 Å². The molecule has 1 N–H and O–H groups in total. The Labute approximate surface area is 236 Å². The molecule has 1 aliphatic rings. The Kier molecular flexibility index (Phi) is 9.14. The molecule has 9 heteroatoms. The monoisotopic (exact) mass is 548 g/mol. The summed E-state index contributed by atoms with van der Waals surface area (Å²) in [6, 6.07) is 8.49. The predicted molar refractivity (Wildman–Crippen MR) is 155 cm³/mol. The lowest BCUT2D eigenvalue weighted by Gasteiger charge is -2.28. The van der Waals surface area contributed by atoms with Crippen molar-refractivity contribution < 1.29 is 24.2 Å². The van der Waals surface area contributed by atoms with Crippen LogP contribution in [0.15, 0.2) is 42.1 Å². The zero-order valence-corrected chi connectivity index (χ0v) is 24.4.